The Kier molecular flexibility index (Phi) is 3.87. The molecule has 0 bridgehead atoms. The molecule has 0 saturated carbocycles. The predicted molar refractivity (Wildman–Crippen MR) is 48.3 cm³/mol. The van der Waals surface area contributed by atoms with Gasteiger partial charge in [-0.05, 0) is 25.2 Å². The topological polar surface area (TPSA) is 15.3 Å². The minimum Gasteiger partial charge on any atom is -0.255 e. The van der Waals surface area contributed by atoms with E-state index >= 15 is 0 Å². The first kappa shape index (κ1) is 9.01. The SMILES string of the molecule is CCCNN1CCC(C)CC1. The van der Waals surface area contributed by atoms with Gasteiger partial charge in [-0.2, -0.15) is 0 Å². The molecule has 1 fully saturated rings. The molecule has 0 aromatic rings. The predicted octanol–water partition coefficient (Wildman–Crippen LogP) is 1.63. The Labute approximate surface area is 69.9 Å². The molecular formula is C9H20N2. The quantitative estimate of drug-likeness (QED) is 0.668. The Hall–Kier alpha value is -0.0800. The van der Waals surface area contributed by atoms with E-state index in [4.69, 9.17) is 0 Å². The van der Waals surface area contributed by atoms with Crippen LogP contribution in [0.25, 0.3) is 0 Å². The van der Waals surface area contributed by atoms with E-state index in [1.807, 2.05) is 0 Å². The maximum Gasteiger partial charge on any atom is 0.0133 e. The molecule has 0 aliphatic carbocycles. The van der Waals surface area contributed by atoms with Crippen LogP contribution >= 0.6 is 0 Å². The summed E-state index contributed by atoms with van der Waals surface area (Å²) in [6.45, 7) is 8.16. The minimum atomic E-state index is 0.940. The zero-order chi connectivity index (χ0) is 8.10. The van der Waals surface area contributed by atoms with Gasteiger partial charge in [-0.3, -0.25) is 5.43 Å². The van der Waals surface area contributed by atoms with Crippen molar-refractivity contribution in [3.8, 4) is 0 Å². The van der Waals surface area contributed by atoms with Crippen LogP contribution in [0.3, 0.4) is 0 Å². The number of hydrazine groups is 1. The number of hydrogen-bond acceptors (Lipinski definition) is 2. The minimum absolute atomic E-state index is 0.940. The van der Waals surface area contributed by atoms with Gasteiger partial charge in [0, 0.05) is 19.6 Å². The highest BCUT2D eigenvalue weighted by atomic mass is 15.5. The van der Waals surface area contributed by atoms with E-state index < -0.39 is 0 Å². The van der Waals surface area contributed by atoms with Crippen LogP contribution in [0.2, 0.25) is 0 Å². The molecule has 2 heteroatoms. The molecule has 0 atom stereocenters. The lowest BCUT2D eigenvalue weighted by Gasteiger charge is -2.30. The Morgan fingerprint density at radius 1 is 1.36 bits per heavy atom. The highest BCUT2D eigenvalue weighted by molar-refractivity contribution is 4.65. The fraction of sp³-hybridized carbons (Fsp3) is 1.00. The van der Waals surface area contributed by atoms with Crippen LogP contribution in [0.15, 0.2) is 0 Å². The fourth-order valence-corrected chi connectivity index (χ4v) is 1.44. The third-order valence-corrected chi connectivity index (χ3v) is 2.37. The molecule has 0 amide bonds. The zero-order valence-electron chi connectivity index (χ0n) is 7.77. The molecule has 1 aliphatic rings. The molecule has 11 heavy (non-hydrogen) atoms. The molecule has 1 rings (SSSR count). The molecule has 0 unspecified atom stereocenters. The molecule has 1 saturated heterocycles. The van der Waals surface area contributed by atoms with Crippen LogP contribution in [-0.2, 0) is 0 Å². The Morgan fingerprint density at radius 3 is 2.55 bits per heavy atom. The molecule has 1 N–H and O–H groups in total. The lowest BCUT2D eigenvalue weighted by Crippen LogP contribution is -2.43. The van der Waals surface area contributed by atoms with Gasteiger partial charge < -0.3 is 0 Å². The summed E-state index contributed by atoms with van der Waals surface area (Å²) in [7, 11) is 0. The van der Waals surface area contributed by atoms with E-state index in [0.717, 1.165) is 12.5 Å². The number of hydrogen-bond donors (Lipinski definition) is 1. The molecule has 2 nitrogen and oxygen atoms in total. The standard InChI is InChI=1S/C9H20N2/c1-3-6-10-11-7-4-9(2)5-8-11/h9-10H,3-8H2,1-2H3. The summed E-state index contributed by atoms with van der Waals surface area (Å²) in [5.41, 5.74) is 3.43. The van der Waals surface area contributed by atoms with Gasteiger partial charge >= 0.3 is 0 Å². The van der Waals surface area contributed by atoms with E-state index in [-0.39, 0.29) is 0 Å². The van der Waals surface area contributed by atoms with Crippen molar-refractivity contribution in [2.24, 2.45) is 5.92 Å². The maximum absolute atomic E-state index is 3.43. The van der Waals surface area contributed by atoms with Crippen molar-refractivity contribution in [2.75, 3.05) is 19.6 Å². The van der Waals surface area contributed by atoms with Crippen molar-refractivity contribution in [3.63, 3.8) is 0 Å². The second-order valence-corrected chi connectivity index (χ2v) is 3.58. The molecule has 0 spiro atoms. The third kappa shape index (κ3) is 3.21. The highest BCUT2D eigenvalue weighted by Gasteiger charge is 2.13. The molecular weight excluding hydrogens is 136 g/mol. The van der Waals surface area contributed by atoms with Crippen molar-refractivity contribution >= 4 is 0 Å². The van der Waals surface area contributed by atoms with Gasteiger partial charge in [0.15, 0.2) is 0 Å². The number of piperidine rings is 1. The lowest BCUT2D eigenvalue weighted by atomic mass is 10.0. The van der Waals surface area contributed by atoms with Crippen LogP contribution in [0, 0.1) is 5.92 Å². The van der Waals surface area contributed by atoms with Crippen LogP contribution in [0.1, 0.15) is 33.1 Å². The van der Waals surface area contributed by atoms with Crippen molar-refractivity contribution < 1.29 is 0 Å². The maximum atomic E-state index is 3.43. The second-order valence-electron chi connectivity index (χ2n) is 3.58. The number of nitrogens with one attached hydrogen (secondary N) is 1. The van der Waals surface area contributed by atoms with E-state index in [9.17, 15) is 0 Å². The van der Waals surface area contributed by atoms with E-state index in [1.54, 1.807) is 0 Å². The van der Waals surface area contributed by atoms with Gasteiger partial charge in [0.2, 0.25) is 0 Å². The molecule has 1 heterocycles. The fourth-order valence-electron chi connectivity index (χ4n) is 1.44. The molecule has 0 radical (unpaired) electrons. The van der Waals surface area contributed by atoms with Gasteiger partial charge in [-0.1, -0.05) is 13.8 Å². The van der Waals surface area contributed by atoms with Gasteiger partial charge in [0.1, 0.15) is 0 Å². The molecule has 0 aromatic heterocycles. The third-order valence-electron chi connectivity index (χ3n) is 2.37. The van der Waals surface area contributed by atoms with E-state index in [0.29, 0.717) is 0 Å². The first-order valence-corrected chi connectivity index (χ1v) is 4.81. The van der Waals surface area contributed by atoms with Gasteiger partial charge in [-0.15, -0.1) is 0 Å². The summed E-state index contributed by atoms with van der Waals surface area (Å²) in [4.78, 5) is 0. The van der Waals surface area contributed by atoms with Gasteiger partial charge in [-0.25, -0.2) is 5.01 Å². The first-order valence-electron chi connectivity index (χ1n) is 4.81. The van der Waals surface area contributed by atoms with Crippen LogP contribution in [0.4, 0.5) is 0 Å². The number of rotatable bonds is 3. The summed E-state index contributed by atoms with van der Waals surface area (Å²) in [5.74, 6) is 0.940. The first-order chi connectivity index (χ1) is 5.33. The van der Waals surface area contributed by atoms with Crippen LogP contribution in [-0.4, -0.2) is 24.6 Å². The lowest BCUT2D eigenvalue weighted by molar-refractivity contribution is 0.130. The van der Waals surface area contributed by atoms with Crippen LogP contribution in [0.5, 0.6) is 0 Å². The average molecular weight is 156 g/mol. The summed E-state index contributed by atoms with van der Waals surface area (Å²) >= 11 is 0. The second kappa shape index (κ2) is 4.73. The smallest absolute Gasteiger partial charge is 0.0133 e. The Balaban J connectivity index is 2.07. The van der Waals surface area contributed by atoms with Crippen molar-refractivity contribution in [1.82, 2.24) is 10.4 Å². The number of nitrogens with zero attached hydrogens (tertiary/aromatic N) is 1. The Bertz CT molecular complexity index is 93.0. The van der Waals surface area contributed by atoms with Crippen molar-refractivity contribution in [1.29, 1.82) is 0 Å². The highest BCUT2D eigenvalue weighted by Crippen LogP contribution is 2.13. The molecule has 1 aliphatic heterocycles. The summed E-state index contributed by atoms with van der Waals surface area (Å²) in [6.07, 6.45) is 3.94. The van der Waals surface area contributed by atoms with E-state index in [1.165, 1.54) is 32.4 Å². The van der Waals surface area contributed by atoms with Gasteiger partial charge in [0.05, 0.1) is 0 Å². The summed E-state index contributed by atoms with van der Waals surface area (Å²) in [6, 6.07) is 0. The molecule has 0 aromatic carbocycles. The normalized spacial score (nSPS) is 22.4. The van der Waals surface area contributed by atoms with Gasteiger partial charge in [0.25, 0.3) is 0 Å². The Morgan fingerprint density at radius 2 is 2.00 bits per heavy atom. The van der Waals surface area contributed by atoms with E-state index in [2.05, 4.69) is 24.3 Å². The molecule has 66 valence electrons. The average Bonchev–Trinajstić information content (AvgIpc) is 2.04. The van der Waals surface area contributed by atoms with Crippen LogP contribution < -0.4 is 5.43 Å². The van der Waals surface area contributed by atoms with Crippen molar-refractivity contribution in [3.05, 3.63) is 0 Å². The summed E-state index contributed by atoms with van der Waals surface area (Å²) < 4.78 is 0. The summed E-state index contributed by atoms with van der Waals surface area (Å²) in [5, 5.41) is 2.36. The zero-order valence-corrected chi connectivity index (χ0v) is 7.77. The largest absolute Gasteiger partial charge is 0.255 e. The van der Waals surface area contributed by atoms with Crippen molar-refractivity contribution in [2.45, 2.75) is 33.1 Å². The monoisotopic (exact) mass is 156 g/mol.